The van der Waals surface area contributed by atoms with E-state index in [0.717, 1.165) is 43.3 Å². The van der Waals surface area contributed by atoms with Gasteiger partial charge in [-0.05, 0) is 56.1 Å². The van der Waals surface area contributed by atoms with E-state index in [1.54, 1.807) is 7.11 Å². The first-order valence-corrected chi connectivity index (χ1v) is 9.36. The fourth-order valence-corrected chi connectivity index (χ4v) is 3.59. The Bertz CT molecular complexity index is 699. The molecule has 4 nitrogen and oxygen atoms in total. The molecule has 2 aromatic carbocycles. The second-order valence-electron chi connectivity index (χ2n) is 7.17. The Morgan fingerprint density at radius 2 is 1.96 bits per heavy atom. The van der Waals surface area contributed by atoms with Crippen molar-refractivity contribution in [3.05, 3.63) is 59.2 Å². The van der Waals surface area contributed by atoms with E-state index >= 15 is 0 Å². The van der Waals surface area contributed by atoms with Crippen LogP contribution in [0.3, 0.4) is 0 Å². The number of hydrogen-bond acceptors (Lipinski definition) is 4. The predicted octanol–water partition coefficient (Wildman–Crippen LogP) is 3.79. The molecule has 0 amide bonds. The van der Waals surface area contributed by atoms with Gasteiger partial charge in [0.15, 0.2) is 0 Å². The summed E-state index contributed by atoms with van der Waals surface area (Å²) in [7, 11) is 1.64. The van der Waals surface area contributed by atoms with E-state index in [0.29, 0.717) is 5.92 Å². The largest absolute Gasteiger partial charge is 0.496 e. The van der Waals surface area contributed by atoms with Gasteiger partial charge < -0.3 is 14.6 Å². The molecule has 1 aliphatic rings. The summed E-state index contributed by atoms with van der Waals surface area (Å²) in [5, 5.41) is 9.51. The number of benzene rings is 2. The Balaban J connectivity index is 1.54. The molecule has 26 heavy (non-hydrogen) atoms. The number of piperidine rings is 1. The van der Waals surface area contributed by atoms with Crippen LogP contribution in [0.4, 0.5) is 0 Å². The van der Waals surface area contributed by atoms with Gasteiger partial charge in [0.05, 0.1) is 20.3 Å². The molecule has 0 radical (unpaired) electrons. The fourth-order valence-electron chi connectivity index (χ4n) is 3.59. The molecule has 1 atom stereocenters. The smallest absolute Gasteiger partial charge is 0.124 e. The molecule has 0 aliphatic carbocycles. The van der Waals surface area contributed by atoms with E-state index in [2.05, 4.69) is 30.0 Å². The van der Waals surface area contributed by atoms with Crippen molar-refractivity contribution in [2.24, 2.45) is 5.92 Å². The molecule has 3 rings (SSSR count). The summed E-state index contributed by atoms with van der Waals surface area (Å²) in [6.45, 7) is 5.92. The lowest BCUT2D eigenvalue weighted by atomic mass is 9.98. The predicted molar refractivity (Wildman–Crippen MR) is 104 cm³/mol. The number of aryl methyl sites for hydroxylation is 1. The summed E-state index contributed by atoms with van der Waals surface area (Å²) in [6, 6.07) is 14.3. The Hall–Kier alpha value is -2.04. The number of rotatable bonds is 7. The standard InChI is InChI=1S/C22H29NO3/c1-17-5-8-21(9-6-17)26-16-19-4-3-11-23(14-19)13-18-7-10-22(25-2)20(12-18)15-24/h5-10,12,19,24H,3-4,11,13-16H2,1-2H3/t19-/m0/s1. The monoisotopic (exact) mass is 355 g/mol. The van der Waals surface area contributed by atoms with E-state index in [-0.39, 0.29) is 6.61 Å². The highest BCUT2D eigenvalue weighted by Gasteiger charge is 2.21. The van der Waals surface area contributed by atoms with Crippen molar-refractivity contribution in [2.45, 2.75) is 32.9 Å². The van der Waals surface area contributed by atoms with Crippen LogP contribution in [0.2, 0.25) is 0 Å². The van der Waals surface area contributed by atoms with Crippen molar-refractivity contribution in [1.82, 2.24) is 4.90 Å². The average Bonchev–Trinajstić information content (AvgIpc) is 2.68. The first kappa shape index (κ1) is 18.7. The van der Waals surface area contributed by atoms with Crippen LogP contribution < -0.4 is 9.47 Å². The minimum atomic E-state index is 0.00400. The Labute approximate surface area is 156 Å². The van der Waals surface area contributed by atoms with Gasteiger partial charge in [0.2, 0.25) is 0 Å². The van der Waals surface area contributed by atoms with E-state index in [4.69, 9.17) is 9.47 Å². The van der Waals surface area contributed by atoms with Crippen LogP contribution >= 0.6 is 0 Å². The molecule has 0 unspecified atom stereocenters. The highest BCUT2D eigenvalue weighted by molar-refractivity contribution is 5.36. The van der Waals surface area contributed by atoms with Crippen molar-refractivity contribution in [3.63, 3.8) is 0 Å². The molecule has 1 heterocycles. The lowest BCUT2D eigenvalue weighted by Gasteiger charge is -2.32. The average molecular weight is 355 g/mol. The SMILES string of the molecule is COc1ccc(CN2CCC[C@H](COc3ccc(C)cc3)C2)cc1CO. The highest BCUT2D eigenvalue weighted by Crippen LogP contribution is 2.24. The molecule has 0 spiro atoms. The van der Waals surface area contributed by atoms with Gasteiger partial charge in [0.1, 0.15) is 11.5 Å². The van der Waals surface area contributed by atoms with E-state index < -0.39 is 0 Å². The summed E-state index contributed by atoms with van der Waals surface area (Å²) >= 11 is 0. The Morgan fingerprint density at radius 1 is 1.15 bits per heavy atom. The summed E-state index contributed by atoms with van der Waals surface area (Å²) in [6.07, 6.45) is 2.41. The maximum atomic E-state index is 9.51. The van der Waals surface area contributed by atoms with Crippen molar-refractivity contribution in [1.29, 1.82) is 0 Å². The maximum Gasteiger partial charge on any atom is 0.124 e. The van der Waals surface area contributed by atoms with Gasteiger partial charge in [0.25, 0.3) is 0 Å². The molecule has 0 saturated carbocycles. The second-order valence-corrected chi connectivity index (χ2v) is 7.17. The molecule has 1 saturated heterocycles. The lowest BCUT2D eigenvalue weighted by Crippen LogP contribution is -2.37. The van der Waals surface area contributed by atoms with Crippen LogP contribution in [-0.2, 0) is 13.2 Å². The van der Waals surface area contributed by atoms with Gasteiger partial charge in [-0.15, -0.1) is 0 Å². The van der Waals surface area contributed by atoms with Crippen molar-refractivity contribution in [3.8, 4) is 11.5 Å². The lowest BCUT2D eigenvalue weighted by molar-refractivity contribution is 0.125. The molecule has 0 bridgehead atoms. The number of likely N-dealkylation sites (tertiary alicyclic amines) is 1. The van der Waals surface area contributed by atoms with Gasteiger partial charge in [-0.2, -0.15) is 0 Å². The number of nitrogens with zero attached hydrogens (tertiary/aromatic N) is 1. The van der Waals surface area contributed by atoms with Gasteiger partial charge in [0, 0.05) is 24.6 Å². The molecule has 1 fully saturated rings. The van der Waals surface area contributed by atoms with Gasteiger partial charge in [-0.3, -0.25) is 4.90 Å². The summed E-state index contributed by atoms with van der Waals surface area (Å²) in [4.78, 5) is 2.48. The van der Waals surface area contributed by atoms with E-state index in [1.807, 2.05) is 24.3 Å². The summed E-state index contributed by atoms with van der Waals surface area (Å²) in [5.74, 6) is 2.26. The number of aliphatic hydroxyl groups is 1. The van der Waals surface area contributed by atoms with Crippen LogP contribution in [0, 0.1) is 12.8 Å². The molecule has 0 aromatic heterocycles. The van der Waals surface area contributed by atoms with Crippen molar-refractivity contribution in [2.75, 3.05) is 26.8 Å². The van der Waals surface area contributed by atoms with Gasteiger partial charge in [-0.1, -0.05) is 23.8 Å². The van der Waals surface area contributed by atoms with Crippen molar-refractivity contribution >= 4 is 0 Å². The van der Waals surface area contributed by atoms with E-state index in [9.17, 15) is 5.11 Å². The minimum Gasteiger partial charge on any atom is -0.496 e. The van der Waals surface area contributed by atoms with Gasteiger partial charge in [-0.25, -0.2) is 0 Å². The van der Waals surface area contributed by atoms with Crippen LogP contribution in [0.1, 0.15) is 29.5 Å². The van der Waals surface area contributed by atoms with Crippen LogP contribution in [0.25, 0.3) is 0 Å². The fraction of sp³-hybridized carbons (Fsp3) is 0.455. The topological polar surface area (TPSA) is 41.9 Å². The molecular formula is C22H29NO3. The number of ether oxygens (including phenoxy) is 2. The van der Waals surface area contributed by atoms with Crippen LogP contribution in [0.5, 0.6) is 11.5 Å². The van der Waals surface area contributed by atoms with Crippen LogP contribution in [0.15, 0.2) is 42.5 Å². The maximum absolute atomic E-state index is 9.51. The molecule has 1 aliphatic heterocycles. The van der Waals surface area contributed by atoms with Gasteiger partial charge >= 0.3 is 0 Å². The van der Waals surface area contributed by atoms with Crippen molar-refractivity contribution < 1.29 is 14.6 Å². The third kappa shape index (κ3) is 4.99. The summed E-state index contributed by atoms with van der Waals surface area (Å²) < 4.78 is 11.3. The zero-order chi connectivity index (χ0) is 18.4. The zero-order valence-electron chi connectivity index (χ0n) is 15.8. The number of hydrogen-bond donors (Lipinski definition) is 1. The number of methoxy groups -OCH3 is 1. The molecule has 140 valence electrons. The molecular weight excluding hydrogens is 326 g/mol. The first-order chi connectivity index (χ1) is 12.7. The summed E-state index contributed by atoms with van der Waals surface area (Å²) in [5.41, 5.74) is 3.32. The molecule has 2 aromatic rings. The minimum absolute atomic E-state index is 0.00400. The quantitative estimate of drug-likeness (QED) is 0.821. The Morgan fingerprint density at radius 3 is 2.69 bits per heavy atom. The molecule has 1 N–H and O–H groups in total. The second kappa shape index (κ2) is 9.06. The van der Waals surface area contributed by atoms with E-state index in [1.165, 1.54) is 24.0 Å². The van der Waals surface area contributed by atoms with Crippen LogP contribution in [-0.4, -0.2) is 36.8 Å². The third-order valence-electron chi connectivity index (χ3n) is 5.03. The normalized spacial score (nSPS) is 17.9. The molecule has 4 heteroatoms. The third-order valence-corrected chi connectivity index (χ3v) is 5.03. The Kier molecular flexibility index (Phi) is 6.53. The zero-order valence-corrected chi connectivity index (χ0v) is 15.8. The first-order valence-electron chi connectivity index (χ1n) is 9.36. The highest BCUT2D eigenvalue weighted by atomic mass is 16.5. The number of aliphatic hydroxyl groups excluding tert-OH is 1.